The maximum Gasteiger partial charge on any atom is 0.431 e. The first-order valence-corrected chi connectivity index (χ1v) is 4.13. The summed E-state index contributed by atoms with van der Waals surface area (Å²) >= 11 is 0. The first-order chi connectivity index (χ1) is 6.47. The molecule has 0 spiro atoms. The zero-order valence-corrected chi connectivity index (χ0v) is 7.44. The summed E-state index contributed by atoms with van der Waals surface area (Å²) < 4.78 is 36.9. The molecule has 0 aliphatic heterocycles. The molecule has 1 heterocycles. The summed E-state index contributed by atoms with van der Waals surface area (Å²) in [4.78, 5) is 2.34. The van der Waals surface area contributed by atoms with Crippen LogP contribution in [0.5, 0.6) is 0 Å². The average Bonchev–Trinajstić information content (AvgIpc) is 2.45. The number of hydrogen-bond acceptors (Lipinski definition) is 0. The van der Waals surface area contributed by atoms with Crippen LogP contribution in [0, 0.1) is 6.92 Å². The molecular weight excluding hydrogens is 191 g/mol. The molecular formula is C10H8F3N. The Hall–Kier alpha value is -1.45. The monoisotopic (exact) mass is 199 g/mol. The molecule has 2 rings (SSSR count). The minimum Gasteiger partial charge on any atom is -0.351 e. The average molecular weight is 199 g/mol. The van der Waals surface area contributed by atoms with Crippen molar-refractivity contribution in [1.82, 2.24) is 4.98 Å². The summed E-state index contributed by atoms with van der Waals surface area (Å²) in [5, 5.41) is 0.595. The van der Waals surface area contributed by atoms with Gasteiger partial charge in [0.1, 0.15) is 5.69 Å². The SMILES string of the molecule is Cc1ccc2[nH]c(C(F)(F)F)cc2c1. The quantitative estimate of drug-likeness (QED) is 0.668. The van der Waals surface area contributed by atoms with E-state index in [1.54, 1.807) is 18.2 Å². The third-order valence-electron chi connectivity index (χ3n) is 2.08. The number of nitrogens with one attached hydrogen (secondary N) is 1. The minimum atomic E-state index is -4.30. The summed E-state index contributed by atoms with van der Waals surface area (Å²) in [7, 11) is 0. The van der Waals surface area contributed by atoms with E-state index < -0.39 is 11.9 Å². The van der Waals surface area contributed by atoms with Crippen molar-refractivity contribution in [2.45, 2.75) is 13.1 Å². The van der Waals surface area contributed by atoms with Gasteiger partial charge in [-0.15, -0.1) is 0 Å². The number of aryl methyl sites for hydroxylation is 1. The molecule has 0 aliphatic rings. The van der Waals surface area contributed by atoms with Crippen LogP contribution >= 0.6 is 0 Å². The molecule has 0 unspecified atom stereocenters. The van der Waals surface area contributed by atoms with Gasteiger partial charge in [0.05, 0.1) is 0 Å². The van der Waals surface area contributed by atoms with E-state index in [4.69, 9.17) is 0 Å². The van der Waals surface area contributed by atoms with Crippen molar-refractivity contribution >= 4 is 10.9 Å². The fraction of sp³-hybridized carbons (Fsp3) is 0.200. The largest absolute Gasteiger partial charge is 0.431 e. The Labute approximate surface area is 78.5 Å². The van der Waals surface area contributed by atoms with Crippen molar-refractivity contribution in [3.63, 3.8) is 0 Å². The summed E-state index contributed by atoms with van der Waals surface area (Å²) in [5.74, 6) is 0. The number of benzene rings is 1. The summed E-state index contributed by atoms with van der Waals surface area (Å²) in [5.41, 5.74) is 0.770. The van der Waals surface area contributed by atoms with E-state index >= 15 is 0 Å². The first-order valence-electron chi connectivity index (χ1n) is 4.13. The lowest BCUT2D eigenvalue weighted by molar-refractivity contribution is -0.140. The van der Waals surface area contributed by atoms with Crippen LogP contribution in [0.2, 0.25) is 0 Å². The molecule has 4 heteroatoms. The van der Waals surface area contributed by atoms with E-state index in [-0.39, 0.29) is 0 Å². The van der Waals surface area contributed by atoms with Crippen molar-refractivity contribution in [3.05, 3.63) is 35.5 Å². The van der Waals surface area contributed by atoms with Gasteiger partial charge in [0, 0.05) is 10.9 Å². The fourth-order valence-corrected chi connectivity index (χ4v) is 1.40. The van der Waals surface area contributed by atoms with E-state index in [2.05, 4.69) is 4.98 Å². The predicted octanol–water partition coefficient (Wildman–Crippen LogP) is 3.50. The Morgan fingerprint density at radius 3 is 2.50 bits per heavy atom. The van der Waals surface area contributed by atoms with Gasteiger partial charge in [-0.25, -0.2) is 0 Å². The second-order valence-electron chi connectivity index (χ2n) is 3.27. The van der Waals surface area contributed by atoms with Crippen LogP contribution in [0.4, 0.5) is 13.2 Å². The molecule has 2 aromatic rings. The number of halogens is 3. The highest BCUT2D eigenvalue weighted by Crippen LogP contribution is 2.31. The standard InChI is InChI=1S/C10H8F3N/c1-6-2-3-8-7(4-6)5-9(14-8)10(11,12)13/h2-5,14H,1H3. The zero-order chi connectivity index (χ0) is 10.3. The molecule has 1 aromatic carbocycles. The Bertz CT molecular complexity index is 468. The third-order valence-corrected chi connectivity index (χ3v) is 2.08. The summed E-state index contributed by atoms with van der Waals surface area (Å²) in [6.07, 6.45) is -4.30. The van der Waals surface area contributed by atoms with Crippen molar-refractivity contribution in [3.8, 4) is 0 Å². The second-order valence-corrected chi connectivity index (χ2v) is 3.27. The number of hydrogen-bond donors (Lipinski definition) is 1. The zero-order valence-electron chi connectivity index (χ0n) is 7.44. The van der Waals surface area contributed by atoms with Gasteiger partial charge in [0.25, 0.3) is 0 Å². The lowest BCUT2D eigenvalue weighted by Gasteiger charge is -2.00. The number of rotatable bonds is 0. The van der Waals surface area contributed by atoms with Crippen LogP contribution in [0.25, 0.3) is 10.9 Å². The normalized spacial score (nSPS) is 12.3. The van der Waals surface area contributed by atoms with Crippen molar-refractivity contribution in [2.24, 2.45) is 0 Å². The van der Waals surface area contributed by atoms with Gasteiger partial charge in [-0.2, -0.15) is 13.2 Å². The molecule has 0 atom stereocenters. The van der Waals surface area contributed by atoms with Crippen molar-refractivity contribution in [1.29, 1.82) is 0 Å². The second kappa shape index (κ2) is 2.77. The molecule has 1 nitrogen and oxygen atoms in total. The Morgan fingerprint density at radius 2 is 1.86 bits per heavy atom. The number of aromatic amines is 1. The minimum absolute atomic E-state index is 0.517. The molecule has 1 aromatic heterocycles. The highest BCUT2D eigenvalue weighted by molar-refractivity contribution is 5.81. The molecule has 0 bridgehead atoms. The van der Waals surface area contributed by atoms with E-state index in [1.807, 2.05) is 6.92 Å². The van der Waals surface area contributed by atoms with Gasteiger partial charge in [-0.1, -0.05) is 11.6 Å². The molecule has 0 aliphatic carbocycles. The number of alkyl halides is 3. The molecule has 1 N–H and O–H groups in total. The van der Waals surface area contributed by atoms with Gasteiger partial charge in [0.15, 0.2) is 0 Å². The van der Waals surface area contributed by atoms with Gasteiger partial charge >= 0.3 is 6.18 Å². The van der Waals surface area contributed by atoms with Crippen LogP contribution < -0.4 is 0 Å². The lowest BCUT2D eigenvalue weighted by atomic mass is 10.2. The Morgan fingerprint density at radius 1 is 1.14 bits per heavy atom. The van der Waals surface area contributed by atoms with Crippen molar-refractivity contribution < 1.29 is 13.2 Å². The van der Waals surface area contributed by atoms with Gasteiger partial charge < -0.3 is 4.98 Å². The molecule has 0 fully saturated rings. The highest BCUT2D eigenvalue weighted by Gasteiger charge is 2.32. The molecule has 0 radical (unpaired) electrons. The van der Waals surface area contributed by atoms with Crippen LogP contribution in [0.15, 0.2) is 24.3 Å². The number of aromatic nitrogens is 1. The maximum absolute atomic E-state index is 12.3. The Balaban J connectivity index is 2.63. The maximum atomic E-state index is 12.3. The lowest BCUT2D eigenvalue weighted by Crippen LogP contribution is -2.04. The van der Waals surface area contributed by atoms with E-state index in [1.165, 1.54) is 0 Å². The molecule has 74 valence electrons. The van der Waals surface area contributed by atoms with E-state index in [9.17, 15) is 13.2 Å². The van der Waals surface area contributed by atoms with Crippen LogP contribution in [-0.4, -0.2) is 4.98 Å². The van der Waals surface area contributed by atoms with E-state index in [0.717, 1.165) is 11.6 Å². The number of H-pyrrole nitrogens is 1. The summed E-state index contributed by atoms with van der Waals surface area (Å²) in [6.45, 7) is 1.85. The molecule has 14 heavy (non-hydrogen) atoms. The highest BCUT2D eigenvalue weighted by atomic mass is 19.4. The van der Waals surface area contributed by atoms with Crippen LogP contribution in [-0.2, 0) is 6.18 Å². The topological polar surface area (TPSA) is 15.8 Å². The molecule has 0 amide bonds. The predicted molar refractivity (Wildman–Crippen MR) is 48.0 cm³/mol. The smallest absolute Gasteiger partial charge is 0.351 e. The number of fused-ring (bicyclic) bond motifs is 1. The third kappa shape index (κ3) is 1.47. The van der Waals surface area contributed by atoms with Crippen LogP contribution in [0.3, 0.4) is 0 Å². The van der Waals surface area contributed by atoms with Gasteiger partial charge in [0.2, 0.25) is 0 Å². The van der Waals surface area contributed by atoms with Gasteiger partial charge in [-0.3, -0.25) is 0 Å². The van der Waals surface area contributed by atoms with Gasteiger partial charge in [-0.05, 0) is 25.1 Å². The molecule has 0 saturated heterocycles. The Kier molecular flexibility index (Phi) is 1.80. The summed E-state index contributed by atoms with van der Waals surface area (Å²) in [6, 6.07) is 6.28. The first kappa shape index (κ1) is 9.12. The molecule has 0 saturated carbocycles. The van der Waals surface area contributed by atoms with Crippen molar-refractivity contribution in [2.75, 3.05) is 0 Å². The van der Waals surface area contributed by atoms with E-state index in [0.29, 0.717) is 10.9 Å². The van der Waals surface area contributed by atoms with Crippen LogP contribution in [0.1, 0.15) is 11.3 Å². The fourth-order valence-electron chi connectivity index (χ4n) is 1.40.